The zero-order valence-electron chi connectivity index (χ0n) is 13.7. The van der Waals surface area contributed by atoms with Crippen LogP contribution in [0.25, 0.3) is 0 Å². The van der Waals surface area contributed by atoms with Gasteiger partial charge in [0, 0.05) is 6.07 Å². The summed E-state index contributed by atoms with van der Waals surface area (Å²) in [5, 5.41) is 22.9. The number of carboxylic acids is 1. The molecule has 2 N–H and O–H groups in total. The van der Waals surface area contributed by atoms with Crippen LogP contribution in [-0.2, 0) is 9.59 Å². The molecule has 3 rings (SSSR count). The summed E-state index contributed by atoms with van der Waals surface area (Å²) in [6, 6.07) is 1.81. The Kier molecular flexibility index (Phi) is 6.22. The Hall–Kier alpha value is -2.59. The van der Waals surface area contributed by atoms with E-state index in [0.717, 1.165) is 12.8 Å². The van der Waals surface area contributed by atoms with Gasteiger partial charge in [0.1, 0.15) is 11.7 Å². The normalized spacial score (nSPS) is 18.7. The first-order valence-electron chi connectivity index (χ1n) is 7.80. The second-order valence-electron chi connectivity index (χ2n) is 5.85. The van der Waals surface area contributed by atoms with Crippen LogP contribution in [0.4, 0.5) is 11.4 Å². The molecule has 2 heterocycles. The second kappa shape index (κ2) is 8.19. The number of ether oxygens (including phenoxy) is 2. The number of nitro benzene ring substituents is 1. The molecule has 1 unspecified atom stereocenters. The van der Waals surface area contributed by atoms with Crippen LogP contribution in [-0.4, -0.2) is 52.7 Å². The molecule has 1 amide bonds. The number of halogens is 1. The fourth-order valence-corrected chi connectivity index (χ4v) is 3.02. The predicted octanol–water partition coefficient (Wildman–Crippen LogP) is 1.62. The lowest BCUT2D eigenvalue weighted by atomic mass is 10.0. The lowest BCUT2D eigenvalue weighted by molar-refractivity contribution is -0.384. The van der Waals surface area contributed by atoms with Crippen LogP contribution in [0.5, 0.6) is 11.5 Å². The standard InChI is InChI=1S/C15H17N3O7.ClH/c19-14(7-17-4-2-1-3-10(17)15(20)21)16-9-5-12-13(25-8-24-12)6-11(9)18(22)23;/h5-6,10H,1-4,7-8H2,(H,16,19)(H,20,21);1H. The molecule has 142 valence electrons. The summed E-state index contributed by atoms with van der Waals surface area (Å²) in [6.07, 6.45) is 2.08. The number of benzene rings is 1. The monoisotopic (exact) mass is 387 g/mol. The Balaban J connectivity index is 0.00000243. The van der Waals surface area contributed by atoms with E-state index in [1.165, 1.54) is 12.1 Å². The van der Waals surface area contributed by atoms with E-state index in [1.54, 1.807) is 4.90 Å². The number of carbonyl (C=O) groups excluding carboxylic acids is 1. The van der Waals surface area contributed by atoms with Crippen LogP contribution in [0.15, 0.2) is 12.1 Å². The van der Waals surface area contributed by atoms with Gasteiger partial charge in [0.05, 0.1) is 17.5 Å². The lowest BCUT2D eigenvalue weighted by Crippen LogP contribution is -2.47. The third-order valence-electron chi connectivity index (χ3n) is 4.21. The largest absolute Gasteiger partial charge is 0.480 e. The summed E-state index contributed by atoms with van der Waals surface area (Å²) in [5.41, 5.74) is -0.325. The van der Waals surface area contributed by atoms with Gasteiger partial charge in [-0.15, -0.1) is 12.4 Å². The number of carbonyl (C=O) groups is 2. The molecule has 0 aromatic heterocycles. The van der Waals surface area contributed by atoms with E-state index in [9.17, 15) is 24.8 Å². The maximum Gasteiger partial charge on any atom is 0.320 e. The minimum Gasteiger partial charge on any atom is -0.480 e. The number of anilines is 1. The van der Waals surface area contributed by atoms with Gasteiger partial charge >= 0.3 is 5.97 Å². The molecule has 0 bridgehead atoms. The SMILES string of the molecule is Cl.O=C(CN1CCCCC1C(=O)O)Nc1cc2c(cc1[N+](=O)[O-])OCO2. The van der Waals surface area contributed by atoms with Crippen LogP contribution in [0.3, 0.4) is 0 Å². The van der Waals surface area contributed by atoms with E-state index < -0.39 is 22.8 Å². The molecule has 10 nitrogen and oxygen atoms in total. The number of amides is 1. The third-order valence-corrected chi connectivity index (χ3v) is 4.21. The van der Waals surface area contributed by atoms with Gasteiger partial charge in [-0.2, -0.15) is 0 Å². The van der Waals surface area contributed by atoms with Gasteiger partial charge in [0.15, 0.2) is 11.5 Å². The molecule has 1 aromatic carbocycles. The summed E-state index contributed by atoms with van der Waals surface area (Å²) in [7, 11) is 0. The summed E-state index contributed by atoms with van der Waals surface area (Å²) in [4.78, 5) is 35.7. The highest BCUT2D eigenvalue weighted by atomic mass is 35.5. The number of rotatable bonds is 5. The van der Waals surface area contributed by atoms with Gasteiger partial charge in [-0.05, 0) is 19.4 Å². The highest BCUT2D eigenvalue weighted by molar-refractivity contribution is 5.95. The molecule has 2 aliphatic rings. The van der Waals surface area contributed by atoms with Crippen LogP contribution >= 0.6 is 12.4 Å². The average Bonchev–Trinajstić information content (AvgIpc) is 3.01. The maximum atomic E-state index is 12.3. The van der Waals surface area contributed by atoms with Gasteiger partial charge in [0.25, 0.3) is 5.69 Å². The van der Waals surface area contributed by atoms with E-state index in [2.05, 4.69) is 5.32 Å². The number of nitrogens with zero attached hydrogens (tertiary/aromatic N) is 2. The number of hydrogen-bond donors (Lipinski definition) is 2. The van der Waals surface area contributed by atoms with E-state index in [-0.39, 0.29) is 42.9 Å². The number of nitrogens with one attached hydrogen (secondary N) is 1. The Bertz CT molecular complexity index is 727. The summed E-state index contributed by atoms with van der Waals surface area (Å²) in [5.74, 6) is -0.939. The first kappa shape index (κ1) is 19.7. The van der Waals surface area contributed by atoms with Crippen molar-refractivity contribution >= 4 is 35.7 Å². The Morgan fingerprint density at radius 3 is 2.65 bits per heavy atom. The Morgan fingerprint density at radius 2 is 2.00 bits per heavy atom. The molecule has 11 heteroatoms. The molecule has 2 aliphatic heterocycles. The second-order valence-corrected chi connectivity index (χ2v) is 5.85. The molecule has 0 saturated carbocycles. The van der Waals surface area contributed by atoms with Gasteiger partial charge in [-0.25, -0.2) is 0 Å². The zero-order valence-corrected chi connectivity index (χ0v) is 14.5. The van der Waals surface area contributed by atoms with Crippen LogP contribution in [0.2, 0.25) is 0 Å². The number of nitro groups is 1. The predicted molar refractivity (Wildman–Crippen MR) is 91.9 cm³/mol. The number of carboxylic acid groups (broad SMARTS) is 1. The van der Waals surface area contributed by atoms with Crippen molar-refractivity contribution < 1.29 is 29.1 Å². The molecule has 0 spiro atoms. The van der Waals surface area contributed by atoms with E-state index >= 15 is 0 Å². The van der Waals surface area contributed by atoms with Crippen LogP contribution < -0.4 is 14.8 Å². The summed E-state index contributed by atoms with van der Waals surface area (Å²) in [6.45, 7) is 0.300. The molecule has 0 aliphatic carbocycles. The van der Waals surface area contributed by atoms with Gasteiger partial charge in [0.2, 0.25) is 12.7 Å². The highest BCUT2D eigenvalue weighted by Crippen LogP contribution is 2.40. The van der Waals surface area contributed by atoms with Crippen molar-refractivity contribution in [3.05, 3.63) is 22.2 Å². The van der Waals surface area contributed by atoms with Crippen molar-refractivity contribution in [1.29, 1.82) is 0 Å². The quantitative estimate of drug-likeness (QED) is 0.575. The maximum absolute atomic E-state index is 12.3. The molecular weight excluding hydrogens is 370 g/mol. The molecule has 26 heavy (non-hydrogen) atoms. The fraction of sp³-hybridized carbons (Fsp3) is 0.467. The Labute approximate surface area is 154 Å². The molecule has 1 aromatic rings. The molecule has 1 fully saturated rings. The zero-order chi connectivity index (χ0) is 18.0. The first-order valence-corrected chi connectivity index (χ1v) is 7.80. The van der Waals surface area contributed by atoms with Crippen molar-refractivity contribution in [3.63, 3.8) is 0 Å². The van der Waals surface area contributed by atoms with Gasteiger partial charge in [-0.1, -0.05) is 6.42 Å². The van der Waals surface area contributed by atoms with Crippen molar-refractivity contribution in [2.45, 2.75) is 25.3 Å². The Morgan fingerprint density at radius 1 is 1.31 bits per heavy atom. The van der Waals surface area contributed by atoms with Gasteiger partial charge < -0.3 is 19.9 Å². The molecule has 1 atom stereocenters. The molecule has 1 saturated heterocycles. The van der Waals surface area contributed by atoms with Crippen molar-refractivity contribution in [2.24, 2.45) is 0 Å². The first-order chi connectivity index (χ1) is 12.0. The lowest BCUT2D eigenvalue weighted by Gasteiger charge is -2.32. The number of likely N-dealkylation sites (tertiary alicyclic amines) is 1. The smallest absolute Gasteiger partial charge is 0.320 e. The third kappa shape index (κ3) is 4.14. The number of hydrogen-bond acceptors (Lipinski definition) is 7. The molecule has 0 radical (unpaired) electrons. The van der Waals surface area contributed by atoms with Crippen LogP contribution in [0.1, 0.15) is 19.3 Å². The van der Waals surface area contributed by atoms with Gasteiger partial charge in [-0.3, -0.25) is 24.6 Å². The highest BCUT2D eigenvalue weighted by Gasteiger charge is 2.30. The van der Waals surface area contributed by atoms with Crippen molar-refractivity contribution in [3.8, 4) is 11.5 Å². The fourth-order valence-electron chi connectivity index (χ4n) is 3.02. The summed E-state index contributed by atoms with van der Waals surface area (Å²) < 4.78 is 10.3. The number of piperidine rings is 1. The minimum absolute atomic E-state index is 0. The number of aliphatic carboxylic acids is 1. The topological polar surface area (TPSA) is 131 Å². The summed E-state index contributed by atoms with van der Waals surface area (Å²) >= 11 is 0. The molecular formula is C15H18ClN3O7. The number of fused-ring (bicyclic) bond motifs is 1. The average molecular weight is 388 g/mol. The van der Waals surface area contributed by atoms with Crippen LogP contribution in [0, 0.1) is 10.1 Å². The minimum atomic E-state index is -0.971. The van der Waals surface area contributed by atoms with Crippen molar-refractivity contribution in [2.75, 3.05) is 25.2 Å². The van der Waals surface area contributed by atoms with E-state index in [0.29, 0.717) is 18.7 Å². The van der Waals surface area contributed by atoms with E-state index in [1.807, 2.05) is 0 Å². The van der Waals surface area contributed by atoms with E-state index in [4.69, 9.17) is 9.47 Å². The van der Waals surface area contributed by atoms with Crippen molar-refractivity contribution in [1.82, 2.24) is 4.90 Å².